The Morgan fingerprint density at radius 3 is 1.74 bits per heavy atom. The van der Waals surface area contributed by atoms with Gasteiger partial charge in [0.1, 0.15) is 0 Å². The van der Waals surface area contributed by atoms with Crippen LogP contribution in [0.2, 0.25) is 0 Å². The van der Waals surface area contributed by atoms with Crippen LogP contribution in [0.4, 0.5) is 0 Å². The summed E-state index contributed by atoms with van der Waals surface area (Å²) in [6, 6.07) is 10.1. The number of unbranched alkanes of at least 4 members (excludes halogenated alkanes) is 12. The molecule has 4 heteroatoms. The van der Waals surface area contributed by atoms with Gasteiger partial charge in [0.2, 0.25) is 11.8 Å². The van der Waals surface area contributed by atoms with E-state index < -0.39 is 0 Å². The Labute approximate surface area is 207 Å². The predicted octanol–water partition coefficient (Wildman–Crippen LogP) is 6.60. The fourth-order valence-corrected chi connectivity index (χ4v) is 3.78. The smallest absolute Gasteiger partial charge is 0.220 e. The van der Waals surface area contributed by atoms with E-state index in [1.165, 1.54) is 38.5 Å². The van der Waals surface area contributed by atoms with Crippen LogP contribution in [0.25, 0.3) is 0 Å². The Hall–Kier alpha value is -2.72. The largest absolute Gasteiger partial charge is 0.370 e. The molecule has 1 rings (SSSR count). The molecular formula is C30H44N2O2. The first-order valence-corrected chi connectivity index (χ1v) is 13.2. The van der Waals surface area contributed by atoms with Crippen molar-refractivity contribution < 1.29 is 9.59 Å². The monoisotopic (exact) mass is 464 g/mol. The lowest BCUT2D eigenvalue weighted by Gasteiger charge is -2.14. The van der Waals surface area contributed by atoms with Gasteiger partial charge < -0.3 is 11.1 Å². The molecule has 4 nitrogen and oxygen atoms in total. The highest BCUT2D eigenvalue weighted by molar-refractivity contribution is 5.76. The van der Waals surface area contributed by atoms with Gasteiger partial charge in [-0.05, 0) is 50.0 Å². The second-order valence-electron chi connectivity index (χ2n) is 9.01. The maximum atomic E-state index is 12.1. The average Bonchev–Trinajstić information content (AvgIpc) is 2.83. The van der Waals surface area contributed by atoms with Gasteiger partial charge >= 0.3 is 0 Å². The number of hydrogen-bond donors (Lipinski definition) is 2. The summed E-state index contributed by atoms with van der Waals surface area (Å²) >= 11 is 0. The van der Waals surface area contributed by atoms with Gasteiger partial charge in [0.25, 0.3) is 0 Å². The quantitative estimate of drug-likeness (QED) is 0.190. The van der Waals surface area contributed by atoms with Crippen molar-refractivity contribution in [2.75, 3.05) is 0 Å². The lowest BCUT2D eigenvalue weighted by Crippen LogP contribution is -2.26. The second-order valence-corrected chi connectivity index (χ2v) is 9.01. The minimum atomic E-state index is -0.195. The molecule has 2 amide bonds. The molecule has 34 heavy (non-hydrogen) atoms. The standard InChI is InChI=1S/C30H44N2O2/c1-27(28-23-19-18-20-24-28)32-30(34)26-22-17-15-13-11-9-7-5-3-2-4-6-8-10-12-14-16-21-25-29(31)33/h18-20,23-24,27H,6-17,21-22,25-26H2,1H3,(H2,31,33)(H,32,34). The van der Waals surface area contributed by atoms with Crippen LogP contribution in [0.3, 0.4) is 0 Å². The van der Waals surface area contributed by atoms with Gasteiger partial charge in [-0.25, -0.2) is 0 Å². The molecule has 0 aliphatic heterocycles. The maximum Gasteiger partial charge on any atom is 0.220 e. The number of carbonyl (C=O) groups is 2. The number of rotatable bonds is 18. The topological polar surface area (TPSA) is 72.2 Å². The molecule has 1 unspecified atom stereocenters. The highest BCUT2D eigenvalue weighted by Gasteiger charge is 2.08. The lowest BCUT2D eigenvalue weighted by molar-refractivity contribution is -0.122. The minimum absolute atomic E-state index is 0.0658. The van der Waals surface area contributed by atoms with Crippen LogP contribution in [-0.4, -0.2) is 11.8 Å². The van der Waals surface area contributed by atoms with E-state index in [9.17, 15) is 9.59 Å². The van der Waals surface area contributed by atoms with Gasteiger partial charge in [-0.3, -0.25) is 9.59 Å². The van der Waals surface area contributed by atoms with Crippen molar-refractivity contribution in [1.29, 1.82) is 0 Å². The number of nitrogens with two attached hydrogens (primary N) is 1. The van der Waals surface area contributed by atoms with Gasteiger partial charge in [0.05, 0.1) is 6.04 Å². The molecule has 0 saturated heterocycles. The number of primary amides is 1. The molecule has 1 atom stereocenters. The van der Waals surface area contributed by atoms with Crippen LogP contribution in [0.1, 0.15) is 121 Å². The predicted molar refractivity (Wildman–Crippen MR) is 142 cm³/mol. The van der Waals surface area contributed by atoms with Gasteiger partial charge in [-0.2, -0.15) is 0 Å². The molecule has 0 fully saturated rings. The van der Waals surface area contributed by atoms with Crippen molar-refractivity contribution in [3.63, 3.8) is 0 Å². The summed E-state index contributed by atoms with van der Waals surface area (Å²) in [6.07, 6.45) is 16.4. The molecule has 1 aromatic rings. The van der Waals surface area contributed by atoms with Crippen molar-refractivity contribution in [3.05, 3.63) is 35.9 Å². The second kappa shape index (κ2) is 20.9. The van der Waals surface area contributed by atoms with E-state index in [4.69, 9.17) is 5.73 Å². The van der Waals surface area contributed by atoms with Gasteiger partial charge in [-0.15, -0.1) is 0 Å². The van der Waals surface area contributed by atoms with Crippen LogP contribution in [-0.2, 0) is 9.59 Å². The molecule has 0 heterocycles. The molecule has 3 N–H and O–H groups in total. The summed E-state index contributed by atoms with van der Waals surface area (Å²) < 4.78 is 0. The van der Waals surface area contributed by atoms with E-state index in [1.54, 1.807) is 0 Å². The molecule has 0 saturated carbocycles. The van der Waals surface area contributed by atoms with Crippen LogP contribution >= 0.6 is 0 Å². The number of carbonyl (C=O) groups excluding carboxylic acids is 2. The van der Waals surface area contributed by atoms with Gasteiger partial charge in [-0.1, -0.05) is 93.5 Å². The van der Waals surface area contributed by atoms with Gasteiger partial charge in [0.15, 0.2) is 0 Å². The lowest BCUT2D eigenvalue weighted by atomic mass is 10.1. The normalized spacial score (nSPS) is 11.0. The Morgan fingerprint density at radius 2 is 1.21 bits per heavy atom. The minimum Gasteiger partial charge on any atom is -0.370 e. The molecule has 186 valence electrons. The van der Waals surface area contributed by atoms with Crippen LogP contribution < -0.4 is 11.1 Å². The molecule has 0 aromatic heterocycles. The SMILES string of the molecule is CC(NC(=O)CCCCCCCCC#CC#CCCCCCCCCC(N)=O)c1ccccc1. The van der Waals surface area contributed by atoms with Crippen LogP contribution in [0.5, 0.6) is 0 Å². The molecule has 0 aliphatic carbocycles. The first-order chi connectivity index (χ1) is 16.6. The van der Waals surface area contributed by atoms with E-state index in [-0.39, 0.29) is 17.9 Å². The molecule has 0 radical (unpaired) electrons. The van der Waals surface area contributed by atoms with E-state index >= 15 is 0 Å². The third-order valence-corrected chi connectivity index (χ3v) is 5.85. The summed E-state index contributed by atoms with van der Waals surface area (Å²) in [5.41, 5.74) is 6.27. The zero-order chi connectivity index (χ0) is 24.7. The molecule has 1 aromatic carbocycles. The van der Waals surface area contributed by atoms with Crippen molar-refractivity contribution >= 4 is 11.8 Å². The number of benzene rings is 1. The molecule has 0 bridgehead atoms. The van der Waals surface area contributed by atoms with E-state index in [2.05, 4.69) is 29.0 Å². The van der Waals surface area contributed by atoms with E-state index in [1.807, 2.05) is 37.3 Å². The van der Waals surface area contributed by atoms with Gasteiger partial charge in [0, 0.05) is 25.7 Å². The highest BCUT2D eigenvalue weighted by Crippen LogP contribution is 2.13. The van der Waals surface area contributed by atoms with Crippen molar-refractivity contribution in [1.82, 2.24) is 5.32 Å². The zero-order valence-corrected chi connectivity index (χ0v) is 21.2. The van der Waals surface area contributed by atoms with E-state index in [0.717, 1.165) is 56.9 Å². The zero-order valence-electron chi connectivity index (χ0n) is 21.2. The third kappa shape index (κ3) is 17.8. The van der Waals surface area contributed by atoms with Crippen molar-refractivity contribution in [2.45, 2.75) is 116 Å². The Balaban J connectivity index is 1.87. The summed E-state index contributed by atoms with van der Waals surface area (Å²) in [4.78, 5) is 22.7. The summed E-state index contributed by atoms with van der Waals surface area (Å²) in [5.74, 6) is 12.2. The Morgan fingerprint density at radius 1 is 0.735 bits per heavy atom. The first kappa shape index (κ1) is 29.3. The highest BCUT2D eigenvalue weighted by atomic mass is 16.1. The fraction of sp³-hybridized carbons (Fsp3) is 0.600. The molecular weight excluding hydrogens is 420 g/mol. The summed E-state index contributed by atoms with van der Waals surface area (Å²) in [6.45, 7) is 2.03. The Bertz CT molecular complexity index is 796. The summed E-state index contributed by atoms with van der Waals surface area (Å²) in [7, 11) is 0. The van der Waals surface area contributed by atoms with Crippen molar-refractivity contribution in [2.24, 2.45) is 5.73 Å². The van der Waals surface area contributed by atoms with Crippen LogP contribution in [0.15, 0.2) is 30.3 Å². The number of amides is 2. The summed E-state index contributed by atoms with van der Waals surface area (Å²) in [5, 5.41) is 3.08. The van der Waals surface area contributed by atoms with E-state index in [0.29, 0.717) is 12.8 Å². The first-order valence-electron chi connectivity index (χ1n) is 13.2. The number of nitrogens with one attached hydrogen (secondary N) is 1. The van der Waals surface area contributed by atoms with Crippen LogP contribution in [0, 0.1) is 23.7 Å². The third-order valence-electron chi connectivity index (χ3n) is 5.85. The molecule has 0 spiro atoms. The fourth-order valence-electron chi connectivity index (χ4n) is 3.78. The average molecular weight is 465 g/mol. The number of hydrogen-bond acceptors (Lipinski definition) is 2. The maximum absolute atomic E-state index is 12.1. The molecule has 0 aliphatic rings. The Kier molecular flexibility index (Phi) is 18.0. The van der Waals surface area contributed by atoms with Crippen molar-refractivity contribution in [3.8, 4) is 23.7 Å².